The number of halogens is 1. The second-order valence-electron chi connectivity index (χ2n) is 4.35. The molecule has 20 heavy (non-hydrogen) atoms. The van der Waals surface area contributed by atoms with E-state index < -0.39 is 0 Å². The molecule has 1 aromatic carbocycles. The summed E-state index contributed by atoms with van der Waals surface area (Å²) in [4.78, 5) is 20.4. The first-order valence-electron chi connectivity index (χ1n) is 5.96. The Morgan fingerprint density at radius 3 is 2.60 bits per heavy atom. The van der Waals surface area contributed by atoms with E-state index in [9.17, 15) is 4.79 Å². The molecule has 2 rings (SSSR count). The van der Waals surface area contributed by atoms with Crippen LogP contribution in [0.15, 0.2) is 28.7 Å². The van der Waals surface area contributed by atoms with Gasteiger partial charge in [-0.1, -0.05) is 15.9 Å². The lowest BCUT2D eigenvalue weighted by atomic mass is 10.1. The Kier molecular flexibility index (Phi) is 4.34. The van der Waals surface area contributed by atoms with E-state index in [2.05, 4.69) is 31.2 Å². The summed E-state index contributed by atoms with van der Waals surface area (Å²) in [6.45, 7) is 3.73. The van der Waals surface area contributed by atoms with E-state index in [1.54, 1.807) is 18.2 Å². The van der Waals surface area contributed by atoms with Crippen LogP contribution >= 0.6 is 15.9 Å². The van der Waals surface area contributed by atoms with Crippen molar-refractivity contribution in [2.75, 3.05) is 12.4 Å². The number of aryl methyl sites for hydroxylation is 2. The van der Waals surface area contributed by atoms with Crippen LogP contribution in [0.1, 0.15) is 21.6 Å². The topological polar surface area (TPSA) is 64.1 Å². The van der Waals surface area contributed by atoms with E-state index in [0.29, 0.717) is 11.4 Å². The highest BCUT2D eigenvalue weighted by atomic mass is 79.9. The van der Waals surface area contributed by atoms with Crippen molar-refractivity contribution >= 4 is 27.8 Å². The first kappa shape index (κ1) is 14.5. The van der Waals surface area contributed by atoms with Crippen LogP contribution in [-0.4, -0.2) is 23.0 Å². The molecule has 1 N–H and O–H groups in total. The van der Waals surface area contributed by atoms with Gasteiger partial charge in [0, 0.05) is 21.8 Å². The molecule has 0 saturated carbocycles. The Morgan fingerprint density at radius 2 is 1.95 bits per heavy atom. The Morgan fingerprint density at radius 1 is 1.20 bits per heavy atom. The van der Waals surface area contributed by atoms with E-state index in [-0.39, 0.29) is 11.9 Å². The van der Waals surface area contributed by atoms with E-state index in [0.717, 1.165) is 15.7 Å². The molecule has 0 bridgehead atoms. The van der Waals surface area contributed by atoms with Crippen LogP contribution in [0.4, 0.5) is 5.95 Å². The van der Waals surface area contributed by atoms with Gasteiger partial charge in [-0.2, -0.15) is 4.98 Å². The number of nitrogens with one attached hydrogen (secondary N) is 1. The third-order valence-corrected chi connectivity index (χ3v) is 3.03. The molecule has 5 nitrogen and oxygen atoms in total. The highest BCUT2D eigenvalue weighted by Crippen LogP contribution is 2.17. The number of carbonyl (C=O) groups excluding carboxylic acids is 1. The highest BCUT2D eigenvalue weighted by Gasteiger charge is 2.10. The fraction of sp³-hybridized carbons (Fsp3) is 0.214. The standard InChI is InChI=1S/C14H14BrN3O2/c1-8-4-10(7-11(15)5-8)13(19)18-14-16-9(2)6-12(17-14)20-3/h4-7H,1-3H3,(H,16,17,18,19). The lowest BCUT2D eigenvalue weighted by molar-refractivity contribution is 0.102. The Labute approximate surface area is 125 Å². The Hall–Kier alpha value is -1.95. The van der Waals surface area contributed by atoms with E-state index in [1.165, 1.54) is 7.11 Å². The lowest BCUT2D eigenvalue weighted by Crippen LogP contribution is -2.15. The maximum atomic E-state index is 12.2. The van der Waals surface area contributed by atoms with Crippen molar-refractivity contribution < 1.29 is 9.53 Å². The summed E-state index contributed by atoms with van der Waals surface area (Å²) >= 11 is 3.37. The molecule has 1 amide bonds. The van der Waals surface area contributed by atoms with Gasteiger partial charge >= 0.3 is 0 Å². The maximum Gasteiger partial charge on any atom is 0.258 e. The largest absolute Gasteiger partial charge is 0.481 e. The van der Waals surface area contributed by atoms with Crippen LogP contribution in [0.3, 0.4) is 0 Å². The van der Waals surface area contributed by atoms with Gasteiger partial charge in [-0.25, -0.2) is 4.98 Å². The quantitative estimate of drug-likeness (QED) is 0.935. The van der Waals surface area contributed by atoms with Crippen molar-refractivity contribution in [3.05, 3.63) is 45.6 Å². The Balaban J connectivity index is 2.25. The van der Waals surface area contributed by atoms with Gasteiger partial charge in [-0.15, -0.1) is 0 Å². The van der Waals surface area contributed by atoms with Gasteiger partial charge in [0.05, 0.1) is 7.11 Å². The average Bonchev–Trinajstić information content (AvgIpc) is 2.36. The van der Waals surface area contributed by atoms with E-state index >= 15 is 0 Å². The molecule has 0 saturated heterocycles. The minimum Gasteiger partial charge on any atom is -0.481 e. The summed E-state index contributed by atoms with van der Waals surface area (Å²) in [5.41, 5.74) is 2.26. The van der Waals surface area contributed by atoms with Crippen LogP contribution < -0.4 is 10.1 Å². The van der Waals surface area contributed by atoms with Crippen molar-refractivity contribution in [2.45, 2.75) is 13.8 Å². The van der Waals surface area contributed by atoms with E-state index in [4.69, 9.17) is 4.74 Å². The van der Waals surface area contributed by atoms with Crippen LogP contribution in [0.25, 0.3) is 0 Å². The molecular weight excluding hydrogens is 322 g/mol. The monoisotopic (exact) mass is 335 g/mol. The summed E-state index contributed by atoms with van der Waals surface area (Å²) in [7, 11) is 1.52. The average molecular weight is 336 g/mol. The minimum absolute atomic E-state index is 0.226. The molecule has 2 aromatic rings. The molecule has 0 unspecified atom stereocenters. The fourth-order valence-corrected chi connectivity index (χ4v) is 2.35. The summed E-state index contributed by atoms with van der Waals surface area (Å²) in [5, 5.41) is 2.67. The zero-order chi connectivity index (χ0) is 14.7. The van der Waals surface area contributed by atoms with Crippen LogP contribution in [0.2, 0.25) is 0 Å². The molecule has 0 fully saturated rings. The number of methoxy groups -OCH3 is 1. The van der Waals surface area contributed by atoms with Gasteiger partial charge in [0.15, 0.2) is 0 Å². The molecule has 0 aliphatic carbocycles. The van der Waals surface area contributed by atoms with Crippen molar-refractivity contribution in [3.8, 4) is 5.88 Å². The van der Waals surface area contributed by atoms with Crippen molar-refractivity contribution in [1.29, 1.82) is 0 Å². The van der Waals surface area contributed by atoms with Gasteiger partial charge in [0.2, 0.25) is 11.8 Å². The van der Waals surface area contributed by atoms with Gasteiger partial charge in [0.25, 0.3) is 5.91 Å². The third kappa shape index (κ3) is 3.54. The van der Waals surface area contributed by atoms with Crippen LogP contribution in [-0.2, 0) is 0 Å². The zero-order valence-corrected chi connectivity index (χ0v) is 13.0. The summed E-state index contributed by atoms with van der Waals surface area (Å²) < 4.78 is 5.90. The fourth-order valence-electron chi connectivity index (χ4n) is 1.74. The summed E-state index contributed by atoms with van der Waals surface area (Å²) in [6, 6.07) is 7.17. The number of benzene rings is 1. The SMILES string of the molecule is COc1cc(C)nc(NC(=O)c2cc(C)cc(Br)c2)n1. The smallest absolute Gasteiger partial charge is 0.258 e. The van der Waals surface area contributed by atoms with E-state index in [1.807, 2.05) is 19.9 Å². The lowest BCUT2D eigenvalue weighted by Gasteiger charge is -2.07. The summed E-state index contributed by atoms with van der Waals surface area (Å²) in [5.74, 6) is 0.379. The minimum atomic E-state index is -0.262. The zero-order valence-electron chi connectivity index (χ0n) is 11.4. The second kappa shape index (κ2) is 6.00. The predicted molar refractivity (Wildman–Crippen MR) is 80.2 cm³/mol. The molecule has 6 heteroatoms. The molecule has 0 radical (unpaired) electrons. The number of hydrogen-bond donors (Lipinski definition) is 1. The summed E-state index contributed by atoms with van der Waals surface area (Å²) in [6.07, 6.45) is 0. The number of nitrogens with zero attached hydrogens (tertiary/aromatic N) is 2. The van der Waals surface area contributed by atoms with Gasteiger partial charge in [0.1, 0.15) is 0 Å². The van der Waals surface area contributed by atoms with Gasteiger partial charge in [-0.3, -0.25) is 10.1 Å². The molecule has 0 atom stereocenters. The highest BCUT2D eigenvalue weighted by molar-refractivity contribution is 9.10. The third-order valence-electron chi connectivity index (χ3n) is 2.57. The number of amides is 1. The first-order valence-corrected chi connectivity index (χ1v) is 6.75. The molecule has 0 aliphatic heterocycles. The Bertz CT molecular complexity index is 639. The molecule has 0 aliphatic rings. The number of carbonyl (C=O) groups is 1. The maximum absolute atomic E-state index is 12.2. The first-order chi connectivity index (χ1) is 9.47. The second-order valence-corrected chi connectivity index (χ2v) is 5.26. The molecular formula is C14H14BrN3O2. The van der Waals surface area contributed by atoms with Crippen LogP contribution in [0, 0.1) is 13.8 Å². The molecule has 104 valence electrons. The number of rotatable bonds is 3. The predicted octanol–water partition coefficient (Wildman–Crippen LogP) is 3.12. The number of anilines is 1. The number of hydrogen-bond acceptors (Lipinski definition) is 4. The van der Waals surface area contributed by atoms with Crippen molar-refractivity contribution in [2.24, 2.45) is 0 Å². The van der Waals surface area contributed by atoms with Crippen molar-refractivity contribution in [3.63, 3.8) is 0 Å². The molecule has 1 aromatic heterocycles. The normalized spacial score (nSPS) is 10.2. The molecule has 1 heterocycles. The number of ether oxygens (including phenoxy) is 1. The van der Waals surface area contributed by atoms with Gasteiger partial charge < -0.3 is 4.74 Å². The van der Waals surface area contributed by atoms with Gasteiger partial charge in [-0.05, 0) is 37.6 Å². The van der Waals surface area contributed by atoms with Crippen molar-refractivity contribution in [1.82, 2.24) is 9.97 Å². The van der Waals surface area contributed by atoms with Crippen LogP contribution in [0.5, 0.6) is 5.88 Å². The number of aromatic nitrogens is 2. The molecule has 0 spiro atoms.